The minimum absolute atomic E-state index is 0.179. The molecule has 0 aromatic carbocycles. The number of amides is 2. The smallest absolute Gasteiger partial charge is 0.411 e. The molecule has 2 amide bonds. The molecule has 0 fully saturated rings. The van der Waals surface area contributed by atoms with Gasteiger partial charge in [-0.15, -0.1) is 0 Å². The van der Waals surface area contributed by atoms with Crippen LogP contribution in [0.1, 0.15) is 16.2 Å². The lowest BCUT2D eigenvalue weighted by molar-refractivity contribution is 0.0822. The van der Waals surface area contributed by atoms with Crippen LogP contribution in [0.2, 0.25) is 0 Å². The highest BCUT2D eigenvalue weighted by molar-refractivity contribution is 5.94. The summed E-state index contributed by atoms with van der Waals surface area (Å²) in [5.41, 5.74) is 1.59. The summed E-state index contributed by atoms with van der Waals surface area (Å²) in [6.07, 6.45) is -0.437. The Labute approximate surface area is 98.5 Å². The summed E-state index contributed by atoms with van der Waals surface area (Å²) >= 11 is 0. The maximum Gasteiger partial charge on any atom is 0.411 e. The van der Waals surface area contributed by atoms with Gasteiger partial charge in [-0.3, -0.25) is 9.69 Å². The number of anilines is 1. The van der Waals surface area contributed by atoms with Gasteiger partial charge in [0.2, 0.25) is 0 Å². The summed E-state index contributed by atoms with van der Waals surface area (Å²) < 4.78 is 0. The number of rotatable bonds is 1. The van der Waals surface area contributed by atoms with Crippen LogP contribution in [0.4, 0.5) is 10.5 Å². The molecule has 1 N–H and O–H groups in total. The van der Waals surface area contributed by atoms with Gasteiger partial charge in [0.1, 0.15) is 5.69 Å². The second-order valence-corrected chi connectivity index (χ2v) is 4.05. The molecule has 1 aliphatic heterocycles. The van der Waals surface area contributed by atoms with Gasteiger partial charge in [-0.25, -0.2) is 9.78 Å². The van der Waals surface area contributed by atoms with Crippen molar-refractivity contribution < 1.29 is 14.7 Å². The SMILES string of the molecule is CN(C)C(=O)c1ccc2c(n1)CCN2C(=O)O. The van der Waals surface area contributed by atoms with Gasteiger partial charge in [-0.1, -0.05) is 0 Å². The molecular weight excluding hydrogens is 222 g/mol. The summed E-state index contributed by atoms with van der Waals surface area (Å²) in [7, 11) is 3.31. The van der Waals surface area contributed by atoms with Crippen LogP contribution in [0.5, 0.6) is 0 Å². The highest BCUT2D eigenvalue weighted by Crippen LogP contribution is 2.26. The number of hydrogen-bond acceptors (Lipinski definition) is 3. The molecule has 6 nitrogen and oxygen atoms in total. The fraction of sp³-hybridized carbons (Fsp3) is 0.364. The van der Waals surface area contributed by atoms with Crippen molar-refractivity contribution in [1.29, 1.82) is 0 Å². The first kappa shape index (κ1) is 11.4. The molecule has 1 aromatic rings. The topological polar surface area (TPSA) is 73.7 Å². The quantitative estimate of drug-likeness (QED) is 0.782. The lowest BCUT2D eigenvalue weighted by Gasteiger charge is -2.13. The molecule has 0 spiro atoms. The molecule has 0 radical (unpaired) electrons. The zero-order valence-electron chi connectivity index (χ0n) is 9.67. The Kier molecular flexibility index (Phi) is 2.71. The number of carbonyl (C=O) groups is 2. The first-order chi connectivity index (χ1) is 8.00. The predicted octanol–water partition coefficient (Wildman–Crippen LogP) is 0.824. The first-order valence-electron chi connectivity index (χ1n) is 5.22. The predicted molar refractivity (Wildman–Crippen MR) is 61.3 cm³/mol. The van der Waals surface area contributed by atoms with Gasteiger partial charge >= 0.3 is 6.09 Å². The van der Waals surface area contributed by atoms with Crippen molar-refractivity contribution in [2.24, 2.45) is 0 Å². The zero-order valence-corrected chi connectivity index (χ0v) is 9.67. The lowest BCUT2D eigenvalue weighted by Crippen LogP contribution is -2.26. The Hall–Kier alpha value is -2.11. The van der Waals surface area contributed by atoms with Gasteiger partial charge in [0.25, 0.3) is 5.91 Å². The molecule has 0 bridgehead atoms. The third-order valence-corrected chi connectivity index (χ3v) is 2.67. The van der Waals surface area contributed by atoms with E-state index in [9.17, 15) is 9.59 Å². The second kappa shape index (κ2) is 4.04. The van der Waals surface area contributed by atoms with Crippen LogP contribution in [0.3, 0.4) is 0 Å². The van der Waals surface area contributed by atoms with E-state index in [0.717, 1.165) is 0 Å². The molecule has 6 heteroatoms. The Bertz CT molecular complexity index is 485. The third kappa shape index (κ3) is 1.93. The number of aromatic nitrogens is 1. The molecule has 0 atom stereocenters. The first-order valence-corrected chi connectivity index (χ1v) is 5.22. The van der Waals surface area contributed by atoms with Crippen LogP contribution in [-0.2, 0) is 6.42 Å². The van der Waals surface area contributed by atoms with E-state index in [4.69, 9.17) is 5.11 Å². The summed E-state index contributed by atoms with van der Waals surface area (Å²) in [6.45, 7) is 0.400. The van der Waals surface area contributed by atoms with Crippen LogP contribution in [-0.4, -0.2) is 47.6 Å². The second-order valence-electron chi connectivity index (χ2n) is 4.05. The molecule has 0 saturated carbocycles. The van der Waals surface area contributed by atoms with Crippen molar-refractivity contribution in [3.63, 3.8) is 0 Å². The van der Waals surface area contributed by atoms with Crippen molar-refractivity contribution in [3.05, 3.63) is 23.5 Å². The molecule has 0 aliphatic carbocycles. The number of nitrogens with zero attached hydrogens (tertiary/aromatic N) is 3. The number of hydrogen-bond donors (Lipinski definition) is 1. The molecule has 1 aliphatic rings. The standard InChI is InChI=1S/C11H13N3O3/c1-13(2)10(15)8-3-4-9-7(12-8)5-6-14(9)11(16)17/h3-4H,5-6H2,1-2H3,(H,16,17). The van der Waals surface area contributed by atoms with Crippen LogP contribution < -0.4 is 4.90 Å². The van der Waals surface area contributed by atoms with E-state index in [-0.39, 0.29) is 5.91 Å². The van der Waals surface area contributed by atoms with E-state index in [1.165, 1.54) is 9.80 Å². The van der Waals surface area contributed by atoms with Crippen LogP contribution in [0, 0.1) is 0 Å². The van der Waals surface area contributed by atoms with E-state index >= 15 is 0 Å². The highest BCUT2D eigenvalue weighted by Gasteiger charge is 2.26. The average molecular weight is 235 g/mol. The summed E-state index contributed by atoms with van der Waals surface area (Å²) in [5.74, 6) is -0.179. The fourth-order valence-electron chi connectivity index (χ4n) is 1.81. The molecule has 17 heavy (non-hydrogen) atoms. The van der Waals surface area contributed by atoms with Gasteiger partial charge < -0.3 is 10.0 Å². The van der Waals surface area contributed by atoms with Crippen molar-refractivity contribution in [2.75, 3.05) is 25.5 Å². The molecule has 0 unspecified atom stereocenters. The van der Waals surface area contributed by atoms with Crippen LogP contribution >= 0.6 is 0 Å². The van der Waals surface area contributed by atoms with Gasteiger partial charge in [-0.05, 0) is 12.1 Å². The molecule has 90 valence electrons. The molecule has 2 rings (SSSR count). The summed E-state index contributed by atoms with van der Waals surface area (Å²) in [6, 6.07) is 3.20. The summed E-state index contributed by atoms with van der Waals surface area (Å²) in [4.78, 5) is 29.5. The Morgan fingerprint density at radius 3 is 2.71 bits per heavy atom. The molecule has 1 aromatic heterocycles. The van der Waals surface area contributed by atoms with Gasteiger partial charge in [0.15, 0.2) is 0 Å². The number of fused-ring (bicyclic) bond motifs is 1. The van der Waals surface area contributed by atoms with Crippen molar-refractivity contribution in [3.8, 4) is 0 Å². The van der Waals surface area contributed by atoms with Gasteiger partial charge in [0.05, 0.1) is 11.4 Å². The maximum absolute atomic E-state index is 11.7. The molecule has 2 heterocycles. The van der Waals surface area contributed by atoms with Gasteiger partial charge in [0, 0.05) is 27.1 Å². The summed E-state index contributed by atoms with van der Waals surface area (Å²) in [5, 5.41) is 8.95. The Balaban J connectivity index is 2.35. The monoisotopic (exact) mass is 235 g/mol. The minimum Gasteiger partial charge on any atom is -0.465 e. The van der Waals surface area contributed by atoms with Crippen LogP contribution in [0.25, 0.3) is 0 Å². The number of carboxylic acid groups (broad SMARTS) is 1. The van der Waals surface area contributed by atoms with Crippen molar-refractivity contribution >= 4 is 17.7 Å². The van der Waals surface area contributed by atoms with E-state index in [1.54, 1.807) is 26.2 Å². The third-order valence-electron chi connectivity index (χ3n) is 2.67. The number of pyridine rings is 1. The molecule has 0 saturated heterocycles. The fourth-order valence-corrected chi connectivity index (χ4v) is 1.81. The van der Waals surface area contributed by atoms with E-state index in [0.29, 0.717) is 30.0 Å². The van der Waals surface area contributed by atoms with Crippen molar-refractivity contribution in [2.45, 2.75) is 6.42 Å². The van der Waals surface area contributed by atoms with Gasteiger partial charge in [-0.2, -0.15) is 0 Å². The van der Waals surface area contributed by atoms with E-state index < -0.39 is 6.09 Å². The van der Waals surface area contributed by atoms with Crippen LogP contribution in [0.15, 0.2) is 12.1 Å². The Morgan fingerprint density at radius 1 is 1.41 bits per heavy atom. The lowest BCUT2D eigenvalue weighted by atomic mass is 10.2. The van der Waals surface area contributed by atoms with E-state index in [1.807, 2.05) is 0 Å². The maximum atomic E-state index is 11.7. The number of carbonyl (C=O) groups excluding carboxylic acids is 1. The van der Waals surface area contributed by atoms with Crippen molar-refractivity contribution in [1.82, 2.24) is 9.88 Å². The zero-order chi connectivity index (χ0) is 12.6. The minimum atomic E-state index is -0.989. The average Bonchev–Trinajstić information content (AvgIpc) is 2.70. The Morgan fingerprint density at radius 2 is 2.12 bits per heavy atom. The molecular formula is C11H13N3O3. The van der Waals surface area contributed by atoms with E-state index in [2.05, 4.69) is 4.98 Å². The normalized spacial score (nSPS) is 13.4. The largest absolute Gasteiger partial charge is 0.465 e. The highest BCUT2D eigenvalue weighted by atomic mass is 16.4.